The summed E-state index contributed by atoms with van der Waals surface area (Å²) in [5.41, 5.74) is 0.545. The first-order chi connectivity index (χ1) is 8.90. The van der Waals surface area contributed by atoms with Gasteiger partial charge in [0.25, 0.3) is 0 Å². The molecule has 1 heterocycles. The van der Waals surface area contributed by atoms with E-state index in [0.29, 0.717) is 16.1 Å². The molecule has 0 saturated carbocycles. The Kier molecular flexibility index (Phi) is 4.16. The minimum atomic E-state index is -0.626. The van der Waals surface area contributed by atoms with Crippen LogP contribution >= 0.6 is 46.4 Å². The summed E-state index contributed by atoms with van der Waals surface area (Å²) >= 11 is 23.5. The van der Waals surface area contributed by atoms with Crippen molar-refractivity contribution in [1.29, 1.82) is 0 Å². The van der Waals surface area contributed by atoms with Gasteiger partial charge in [-0.3, -0.25) is 10.1 Å². The lowest BCUT2D eigenvalue weighted by Crippen LogP contribution is -1.93. The molecule has 1 aromatic heterocycles. The Hall–Kier alpha value is -1.07. The van der Waals surface area contributed by atoms with Crippen LogP contribution in [0, 0.1) is 10.1 Å². The van der Waals surface area contributed by atoms with Crippen molar-refractivity contribution in [3.8, 4) is 11.1 Å². The molecule has 4 nitrogen and oxygen atoms in total. The summed E-state index contributed by atoms with van der Waals surface area (Å²) in [6.45, 7) is 0. The van der Waals surface area contributed by atoms with Gasteiger partial charge in [0, 0.05) is 28.4 Å². The van der Waals surface area contributed by atoms with Gasteiger partial charge in [-0.25, -0.2) is 4.98 Å². The molecule has 8 heteroatoms. The zero-order valence-electron chi connectivity index (χ0n) is 9.03. The van der Waals surface area contributed by atoms with E-state index in [2.05, 4.69) is 4.98 Å². The summed E-state index contributed by atoms with van der Waals surface area (Å²) in [6.07, 6.45) is 1.36. The molecular weight excluding hydrogens is 334 g/mol. The van der Waals surface area contributed by atoms with Crippen molar-refractivity contribution in [3.63, 3.8) is 0 Å². The van der Waals surface area contributed by atoms with Crippen LogP contribution in [0.5, 0.6) is 0 Å². The van der Waals surface area contributed by atoms with Crippen LogP contribution in [0.2, 0.25) is 20.2 Å². The smallest absolute Gasteiger partial charge is 0.258 e. The first kappa shape index (κ1) is 14.3. The van der Waals surface area contributed by atoms with E-state index < -0.39 is 4.92 Å². The van der Waals surface area contributed by atoms with Crippen LogP contribution in [-0.4, -0.2) is 9.91 Å². The van der Waals surface area contributed by atoms with Gasteiger partial charge < -0.3 is 0 Å². The lowest BCUT2D eigenvalue weighted by molar-refractivity contribution is -0.385. The number of aromatic nitrogens is 1. The number of benzene rings is 1. The molecule has 0 unspecified atom stereocenters. The Morgan fingerprint density at radius 2 is 1.79 bits per heavy atom. The third kappa shape index (κ3) is 2.92. The summed E-state index contributed by atoms with van der Waals surface area (Å²) < 4.78 is 0. The molecule has 0 amide bonds. The van der Waals surface area contributed by atoms with Gasteiger partial charge >= 0.3 is 5.69 Å². The normalized spacial score (nSPS) is 10.5. The minimum Gasteiger partial charge on any atom is -0.258 e. The first-order valence-corrected chi connectivity index (χ1v) is 6.36. The quantitative estimate of drug-likeness (QED) is 0.324. The van der Waals surface area contributed by atoms with Crippen LogP contribution < -0.4 is 0 Å². The van der Waals surface area contributed by atoms with E-state index in [1.165, 1.54) is 18.3 Å². The van der Waals surface area contributed by atoms with E-state index in [-0.39, 0.29) is 20.9 Å². The van der Waals surface area contributed by atoms with Crippen molar-refractivity contribution in [2.45, 2.75) is 0 Å². The number of halogens is 4. The summed E-state index contributed by atoms with van der Waals surface area (Å²) in [4.78, 5) is 14.0. The van der Waals surface area contributed by atoms with Gasteiger partial charge in [0.2, 0.25) is 5.15 Å². The zero-order valence-corrected chi connectivity index (χ0v) is 12.1. The molecule has 0 N–H and O–H groups in total. The molecule has 19 heavy (non-hydrogen) atoms. The fourth-order valence-electron chi connectivity index (χ4n) is 1.48. The maximum atomic E-state index is 10.8. The molecule has 0 bridgehead atoms. The van der Waals surface area contributed by atoms with E-state index in [1.807, 2.05) is 0 Å². The lowest BCUT2D eigenvalue weighted by Gasteiger charge is -2.07. The first-order valence-electron chi connectivity index (χ1n) is 4.85. The standard InChI is InChI=1S/C11H4Cl4N2O2/c12-6-2-7(10(14)8(13)3-6)5-1-9(17(18)19)11(15)16-4-5/h1-4H. The second kappa shape index (κ2) is 5.51. The number of nitrogens with zero attached hydrogens (tertiary/aromatic N) is 2. The van der Waals surface area contributed by atoms with Crippen molar-refractivity contribution in [3.05, 3.63) is 54.7 Å². The molecule has 0 fully saturated rings. The van der Waals surface area contributed by atoms with Gasteiger partial charge in [-0.2, -0.15) is 0 Å². The van der Waals surface area contributed by atoms with Crippen LogP contribution in [-0.2, 0) is 0 Å². The summed E-state index contributed by atoms with van der Waals surface area (Å²) in [6, 6.07) is 4.29. The maximum absolute atomic E-state index is 10.8. The van der Waals surface area contributed by atoms with E-state index in [9.17, 15) is 10.1 Å². The molecule has 0 aliphatic rings. The lowest BCUT2D eigenvalue weighted by atomic mass is 10.1. The Labute approximate surface area is 128 Å². The molecule has 98 valence electrons. The average molecular weight is 338 g/mol. The molecule has 0 aliphatic carbocycles. The van der Waals surface area contributed by atoms with Crippen molar-refractivity contribution in [1.82, 2.24) is 4.98 Å². The van der Waals surface area contributed by atoms with Crippen LogP contribution in [0.1, 0.15) is 0 Å². The Bertz CT molecular complexity index is 676. The summed E-state index contributed by atoms with van der Waals surface area (Å²) in [5.74, 6) is 0. The van der Waals surface area contributed by atoms with Crippen LogP contribution in [0.25, 0.3) is 11.1 Å². The van der Waals surface area contributed by atoms with Crippen LogP contribution in [0.4, 0.5) is 5.69 Å². The van der Waals surface area contributed by atoms with Gasteiger partial charge in [0.1, 0.15) is 0 Å². The number of hydrogen-bond acceptors (Lipinski definition) is 3. The molecule has 0 spiro atoms. The third-order valence-electron chi connectivity index (χ3n) is 2.32. The van der Waals surface area contributed by atoms with Crippen LogP contribution in [0.3, 0.4) is 0 Å². The monoisotopic (exact) mass is 336 g/mol. The fraction of sp³-hybridized carbons (Fsp3) is 0. The molecule has 1 aromatic carbocycles. The second-order valence-corrected chi connectivity index (χ2v) is 5.12. The fourth-order valence-corrected chi connectivity index (χ4v) is 2.36. The highest BCUT2D eigenvalue weighted by Gasteiger charge is 2.17. The van der Waals surface area contributed by atoms with Gasteiger partial charge in [-0.15, -0.1) is 0 Å². The summed E-state index contributed by atoms with van der Waals surface area (Å²) in [7, 11) is 0. The number of pyridine rings is 1. The molecule has 0 radical (unpaired) electrons. The Balaban J connectivity index is 2.66. The van der Waals surface area contributed by atoms with E-state index in [0.717, 1.165) is 0 Å². The minimum absolute atomic E-state index is 0.196. The van der Waals surface area contributed by atoms with Gasteiger partial charge in [-0.1, -0.05) is 46.4 Å². The predicted octanol–water partition coefficient (Wildman–Crippen LogP) is 5.27. The topological polar surface area (TPSA) is 56.0 Å². The van der Waals surface area contributed by atoms with Crippen molar-refractivity contribution >= 4 is 52.1 Å². The van der Waals surface area contributed by atoms with Crippen LogP contribution in [0.15, 0.2) is 24.4 Å². The Morgan fingerprint density at radius 1 is 1.11 bits per heavy atom. The van der Waals surface area contributed by atoms with Gasteiger partial charge in [-0.05, 0) is 12.1 Å². The highest BCUT2D eigenvalue weighted by molar-refractivity contribution is 6.45. The van der Waals surface area contributed by atoms with E-state index in [4.69, 9.17) is 46.4 Å². The highest BCUT2D eigenvalue weighted by atomic mass is 35.5. The number of hydrogen-bond donors (Lipinski definition) is 0. The molecule has 0 atom stereocenters. The van der Waals surface area contributed by atoms with E-state index in [1.54, 1.807) is 6.07 Å². The zero-order chi connectivity index (χ0) is 14.2. The molecule has 2 rings (SSSR count). The van der Waals surface area contributed by atoms with E-state index >= 15 is 0 Å². The number of nitro groups is 1. The third-order valence-corrected chi connectivity index (χ3v) is 3.63. The average Bonchev–Trinajstić information content (AvgIpc) is 2.34. The largest absolute Gasteiger partial charge is 0.307 e. The molecule has 2 aromatic rings. The maximum Gasteiger partial charge on any atom is 0.307 e. The molecule has 0 aliphatic heterocycles. The van der Waals surface area contributed by atoms with Gasteiger partial charge in [0.15, 0.2) is 0 Å². The highest BCUT2D eigenvalue weighted by Crippen LogP contribution is 2.38. The Morgan fingerprint density at radius 3 is 2.42 bits per heavy atom. The van der Waals surface area contributed by atoms with Crippen molar-refractivity contribution in [2.24, 2.45) is 0 Å². The van der Waals surface area contributed by atoms with Gasteiger partial charge in [0.05, 0.1) is 15.0 Å². The number of rotatable bonds is 2. The SMILES string of the molecule is O=[N+]([O-])c1cc(-c2cc(Cl)cc(Cl)c2Cl)cnc1Cl. The van der Waals surface area contributed by atoms with Crippen molar-refractivity contribution < 1.29 is 4.92 Å². The van der Waals surface area contributed by atoms with Crippen molar-refractivity contribution in [2.75, 3.05) is 0 Å². The summed E-state index contributed by atoms with van der Waals surface area (Å²) in [5, 5.41) is 11.5. The molecule has 0 saturated heterocycles. The molecular formula is C11H4Cl4N2O2. The second-order valence-electron chi connectivity index (χ2n) is 3.54. The predicted molar refractivity (Wildman–Crippen MR) is 76.4 cm³/mol.